The maximum absolute atomic E-state index is 10.8. The predicted molar refractivity (Wildman–Crippen MR) is 57.3 cm³/mol. The molecule has 0 saturated heterocycles. The molecule has 0 amide bonds. The smallest absolute Gasteiger partial charge is 0.321 e. The molecule has 16 heavy (non-hydrogen) atoms. The van der Waals surface area contributed by atoms with E-state index in [9.17, 15) is 14.9 Å². The molecule has 0 aliphatic heterocycles. The van der Waals surface area contributed by atoms with Crippen molar-refractivity contribution in [1.82, 2.24) is 5.32 Å². The van der Waals surface area contributed by atoms with Crippen molar-refractivity contribution in [3.05, 3.63) is 39.9 Å². The van der Waals surface area contributed by atoms with E-state index in [1.807, 2.05) is 0 Å². The number of benzene rings is 1. The number of para-hydroxylation sites is 1. The first-order chi connectivity index (χ1) is 7.56. The zero-order valence-electron chi connectivity index (χ0n) is 8.71. The van der Waals surface area contributed by atoms with Gasteiger partial charge in [-0.1, -0.05) is 18.2 Å². The Kier molecular flexibility index (Phi) is 3.96. The van der Waals surface area contributed by atoms with Crippen LogP contribution in [0.1, 0.15) is 5.56 Å². The molecule has 1 unspecified atom stereocenters. The molecule has 0 saturated carbocycles. The second-order valence-corrected chi connectivity index (χ2v) is 3.27. The van der Waals surface area contributed by atoms with E-state index >= 15 is 0 Å². The highest BCUT2D eigenvalue weighted by Crippen LogP contribution is 2.19. The Morgan fingerprint density at radius 2 is 2.19 bits per heavy atom. The van der Waals surface area contributed by atoms with Gasteiger partial charge in [-0.25, -0.2) is 0 Å². The molecule has 0 spiro atoms. The lowest BCUT2D eigenvalue weighted by Gasteiger charge is -2.10. The molecule has 0 radical (unpaired) electrons. The van der Waals surface area contributed by atoms with Gasteiger partial charge in [-0.3, -0.25) is 14.9 Å². The van der Waals surface area contributed by atoms with Crippen LogP contribution < -0.4 is 5.32 Å². The Labute approximate surface area is 92.0 Å². The number of likely N-dealkylation sites (N-methyl/N-ethyl adjacent to an activating group) is 1. The van der Waals surface area contributed by atoms with Crippen LogP contribution in [0.25, 0.3) is 0 Å². The summed E-state index contributed by atoms with van der Waals surface area (Å²) in [6, 6.07) is 5.31. The largest absolute Gasteiger partial charge is 0.480 e. The summed E-state index contributed by atoms with van der Waals surface area (Å²) in [5.74, 6) is -1.03. The number of nitro groups is 1. The Morgan fingerprint density at radius 1 is 1.56 bits per heavy atom. The van der Waals surface area contributed by atoms with Crippen molar-refractivity contribution in [2.24, 2.45) is 0 Å². The first kappa shape index (κ1) is 12.1. The molecular formula is C10H12N2O4. The number of nitrogens with zero attached hydrogens (tertiary/aromatic N) is 1. The normalized spacial score (nSPS) is 12.1. The van der Waals surface area contributed by atoms with Gasteiger partial charge in [0.1, 0.15) is 6.04 Å². The van der Waals surface area contributed by atoms with E-state index < -0.39 is 16.9 Å². The van der Waals surface area contributed by atoms with Gasteiger partial charge in [0.25, 0.3) is 5.69 Å². The highest BCUT2D eigenvalue weighted by atomic mass is 16.6. The number of aliphatic carboxylic acids is 1. The third-order valence-electron chi connectivity index (χ3n) is 2.26. The van der Waals surface area contributed by atoms with Gasteiger partial charge in [0, 0.05) is 18.1 Å². The molecule has 2 N–H and O–H groups in total. The summed E-state index contributed by atoms with van der Waals surface area (Å²) in [6.45, 7) is 0. The van der Waals surface area contributed by atoms with Gasteiger partial charge >= 0.3 is 5.97 Å². The van der Waals surface area contributed by atoms with Crippen LogP contribution in [0.2, 0.25) is 0 Å². The van der Waals surface area contributed by atoms with Crippen LogP contribution in [0.15, 0.2) is 24.3 Å². The summed E-state index contributed by atoms with van der Waals surface area (Å²) < 4.78 is 0. The van der Waals surface area contributed by atoms with Gasteiger partial charge in [-0.05, 0) is 7.05 Å². The van der Waals surface area contributed by atoms with Crippen LogP contribution in [0.5, 0.6) is 0 Å². The van der Waals surface area contributed by atoms with Crippen molar-refractivity contribution in [3.8, 4) is 0 Å². The summed E-state index contributed by atoms with van der Waals surface area (Å²) in [7, 11) is 1.51. The topological polar surface area (TPSA) is 92.5 Å². The van der Waals surface area contributed by atoms with E-state index in [0.717, 1.165) is 0 Å². The van der Waals surface area contributed by atoms with Gasteiger partial charge < -0.3 is 10.4 Å². The fourth-order valence-electron chi connectivity index (χ4n) is 1.39. The van der Waals surface area contributed by atoms with Crippen molar-refractivity contribution in [3.63, 3.8) is 0 Å². The number of hydrogen-bond donors (Lipinski definition) is 2. The second-order valence-electron chi connectivity index (χ2n) is 3.27. The van der Waals surface area contributed by atoms with E-state index in [-0.39, 0.29) is 12.1 Å². The molecule has 0 fully saturated rings. The number of nitrogens with one attached hydrogen (secondary N) is 1. The number of carboxylic acid groups (broad SMARTS) is 1. The first-order valence-corrected chi connectivity index (χ1v) is 4.68. The van der Waals surface area contributed by atoms with Crippen LogP contribution in [-0.2, 0) is 11.2 Å². The van der Waals surface area contributed by atoms with Crippen LogP contribution >= 0.6 is 0 Å². The molecule has 1 atom stereocenters. The summed E-state index contributed by atoms with van der Waals surface area (Å²) in [4.78, 5) is 21.0. The fraction of sp³-hybridized carbons (Fsp3) is 0.300. The third-order valence-corrected chi connectivity index (χ3v) is 2.26. The summed E-state index contributed by atoms with van der Waals surface area (Å²) >= 11 is 0. The Bertz CT molecular complexity index is 406. The average Bonchev–Trinajstić information content (AvgIpc) is 2.25. The molecule has 1 aromatic rings. The van der Waals surface area contributed by atoms with Gasteiger partial charge in [0.05, 0.1) is 4.92 Å². The molecule has 0 aliphatic carbocycles. The Morgan fingerprint density at radius 3 is 2.69 bits per heavy atom. The highest BCUT2D eigenvalue weighted by molar-refractivity contribution is 5.74. The van der Waals surface area contributed by atoms with E-state index in [4.69, 9.17) is 5.11 Å². The van der Waals surface area contributed by atoms with Crippen LogP contribution in [0.3, 0.4) is 0 Å². The number of hydrogen-bond acceptors (Lipinski definition) is 4. The highest BCUT2D eigenvalue weighted by Gasteiger charge is 2.20. The minimum absolute atomic E-state index is 0.0519. The zero-order valence-corrected chi connectivity index (χ0v) is 8.71. The fourth-order valence-corrected chi connectivity index (χ4v) is 1.39. The standard InChI is InChI=1S/C10H12N2O4/c1-11-8(10(13)14)6-7-4-2-3-5-9(7)12(15)16/h2-5,8,11H,6H2,1H3,(H,13,14). The molecule has 0 heterocycles. The maximum Gasteiger partial charge on any atom is 0.321 e. The molecule has 0 aromatic heterocycles. The van der Waals surface area contributed by atoms with Crippen LogP contribution in [0, 0.1) is 10.1 Å². The minimum atomic E-state index is -1.03. The van der Waals surface area contributed by atoms with Crippen molar-refractivity contribution >= 4 is 11.7 Å². The first-order valence-electron chi connectivity index (χ1n) is 4.68. The summed E-state index contributed by atoms with van der Waals surface area (Å²) in [6.07, 6.45) is 0.0863. The predicted octanol–water partition coefficient (Wildman–Crippen LogP) is 0.810. The van der Waals surface area contributed by atoms with Crippen molar-refractivity contribution < 1.29 is 14.8 Å². The molecular weight excluding hydrogens is 212 g/mol. The molecule has 6 nitrogen and oxygen atoms in total. The van der Waals surface area contributed by atoms with Gasteiger partial charge in [-0.15, -0.1) is 0 Å². The monoisotopic (exact) mass is 224 g/mol. The lowest BCUT2D eigenvalue weighted by molar-refractivity contribution is -0.385. The van der Waals surface area contributed by atoms with Crippen molar-refractivity contribution in [2.45, 2.75) is 12.5 Å². The van der Waals surface area contributed by atoms with E-state index in [2.05, 4.69) is 5.32 Å². The quantitative estimate of drug-likeness (QED) is 0.570. The van der Waals surface area contributed by atoms with E-state index in [1.165, 1.54) is 13.1 Å². The summed E-state index contributed by atoms with van der Waals surface area (Å²) in [5.41, 5.74) is 0.359. The molecule has 0 aliphatic rings. The Hall–Kier alpha value is -1.95. The van der Waals surface area contributed by atoms with Gasteiger partial charge in [0.15, 0.2) is 0 Å². The second kappa shape index (κ2) is 5.22. The van der Waals surface area contributed by atoms with Crippen molar-refractivity contribution in [2.75, 3.05) is 7.05 Å². The van der Waals surface area contributed by atoms with Crippen LogP contribution in [0.4, 0.5) is 5.69 Å². The lowest BCUT2D eigenvalue weighted by atomic mass is 10.0. The Balaban J connectivity index is 2.95. The number of carboxylic acids is 1. The molecule has 1 aromatic carbocycles. The SMILES string of the molecule is CNC(Cc1ccccc1[N+](=O)[O-])C(=O)O. The zero-order chi connectivity index (χ0) is 12.1. The molecule has 6 heteroatoms. The minimum Gasteiger partial charge on any atom is -0.480 e. The average molecular weight is 224 g/mol. The van der Waals surface area contributed by atoms with Gasteiger partial charge in [0.2, 0.25) is 0 Å². The number of carbonyl (C=O) groups is 1. The number of nitro benzene ring substituents is 1. The number of rotatable bonds is 5. The van der Waals surface area contributed by atoms with Crippen molar-refractivity contribution in [1.29, 1.82) is 0 Å². The van der Waals surface area contributed by atoms with Crippen LogP contribution in [-0.4, -0.2) is 29.1 Å². The van der Waals surface area contributed by atoms with E-state index in [1.54, 1.807) is 18.2 Å². The molecule has 0 bridgehead atoms. The maximum atomic E-state index is 10.8. The lowest BCUT2D eigenvalue weighted by Crippen LogP contribution is -2.35. The summed E-state index contributed by atoms with van der Waals surface area (Å²) in [5, 5.41) is 22.1. The third kappa shape index (κ3) is 2.77. The molecule has 86 valence electrons. The van der Waals surface area contributed by atoms with Gasteiger partial charge in [-0.2, -0.15) is 0 Å². The van der Waals surface area contributed by atoms with E-state index in [0.29, 0.717) is 5.56 Å². The molecule has 1 rings (SSSR count).